The fourth-order valence-electron chi connectivity index (χ4n) is 2.17. The predicted molar refractivity (Wildman–Crippen MR) is 78.4 cm³/mol. The van der Waals surface area contributed by atoms with Crippen LogP contribution in [0.4, 0.5) is 0 Å². The van der Waals surface area contributed by atoms with Crippen molar-refractivity contribution in [3.8, 4) is 0 Å². The summed E-state index contributed by atoms with van der Waals surface area (Å²) >= 11 is 6.78. The summed E-state index contributed by atoms with van der Waals surface area (Å²) in [5.74, 6) is 0.846. The number of aromatic amines is 1. The molecule has 1 atom stereocenters. The molecule has 4 nitrogen and oxygen atoms in total. The lowest BCUT2D eigenvalue weighted by Crippen LogP contribution is -2.25. The molecule has 0 aliphatic carbocycles. The van der Waals surface area contributed by atoms with Crippen LogP contribution in [-0.4, -0.2) is 9.55 Å². The van der Waals surface area contributed by atoms with Gasteiger partial charge in [-0.1, -0.05) is 0 Å². The second-order valence-electron chi connectivity index (χ2n) is 4.40. The van der Waals surface area contributed by atoms with Crippen molar-refractivity contribution in [1.29, 1.82) is 0 Å². The predicted octanol–water partition coefficient (Wildman–Crippen LogP) is 3.52. The van der Waals surface area contributed by atoms with E-state index in [2.05, 4.69) is 4.98 Å². The fourth-order valence-corrected chi connectivity index (χ4v) is 3.37. The smallest absolute Gasteiger partial charge is 0.263 e. The average molecular weight is 292 g/mol. The monoisotopic (exact) mass is 292 g/mol. The third-order valence-corrected chi connectivity index (χ3v) is 4.20. The van der Waals surface area contributed by atoms with Gasteiger partial charge in [0.1, 0.15) is 10.6 Å². The van der Waals surface area contributed by atoms with Crippen molar-refractivity contribution >= 4 is 33.8 Å². The normalized spacial score (nSPS) is 12.9. The standard InChI is InChI=1S/C13H12N2O2S2/c1-8(7-9-3-2-5-17-9)15-12(16)10-4-6-19-11(10)14-13(15)18/h2-6,8H,7H2,1H3,(H,14,18). The minimum Gasteiger partial charge on any atom is -0.469 e. The van der Waals surface area contributed by atoms with Crippen LogP contribution in [0.15, 0.2) is 39.1 Å². The molecular weight excluding hydrogens is 280 g/mol. The second kappa shape index (κ2) is 4.79. The highest BCUT2D eigenvalue weighted by molar-refractivity contribution is 7.71. The summed E-state index contributed by atoms with van der Waals surface area (Å²) < 4.78 is 7.40. The molecule has 0 radical (unpaired) electrons. The van der Waals surface area contributed by atoms with Gasteiger partial charge in [-0.2, -0.15) is 0 Å². The topological polar surface area (TPSA) is 50.9 Å². The van der Waals surface area contributed by atoms with Crippen molar-refractivity contribution in [2.75, 3.05) is 0 Å². The van der Waals surface area contributed by atoms with E-state index in [4.69, 9.17) is 16.6 Å². The highest BCUT2D eigenvalue weighted by Gasteiger charge is 2.14. The SMILES string of the molecule is CC(Cc1ccco1)n1c(=S)[nH]c2sccc2c1=O. The zero-order valence-corrected chi connectivity index (χ0v) is 11.9. The van der Waals surface area contributed by atoms with Gasteiger partial charge in [0.05, 0.1) is 11.6 Å². The number of thiophene rings is 1. The maximum atomic E-state index is 12.4. The van der Waals surface area contributed by atoms with Gasteiger partial charge in [0.2, 0.25) is 0 Å². The second-order valence-corrected chi connectivity index (χ2v) is 5.70. The summed E-state index contributed by atoms with van der Waals surface area (Å²) in [5, 5.41) is 2.57. The molecule has 1 N–H and O–H groups in total. The van der Waals surface area contributed by atoms with Gasteiger partial charge < -0.3 is 9.40 Å². The average Bonchev–Trinajstić information content (AvgIpc) is 2.99. The van der Waals surface area contributed by atoms with Crippen LogP contribution in [0, 0.1) is 4.77 Å². The van der Waals surface area contributed by atoms with Gasteiger partial charge in [-0.25, -0.2) is 0 Å². The quantitative estimate of drug-likeness (QED) is 0.751. The van der Waals surface area contributed by atoms with Gasteiger partial charge >= 0.3 is 0 Å². The largest absolute Gasteiger partial charge is 0.469 e. The maximum absolute atomic E-state index is 12.4. The molecular formula is C13H12N2O2S2. The Morgan fingerprint density at radius 2 is 2.37 bits per heavy atom. The molecule has 0 bridgehead atoms. The summed E-state index contributed by atoms with van der Waals surface area (Å²) in [6.45, 7) is 1.96. The third-order valence-electron chi connectivity index (χ3n) is 3.07. The number of rotatable bonds is 3. The first-order valence-corrected chi connectivity index (χ1v) is 7.20. The molecule has 0 fully saturated rings. The Labute approximate surface area is 118 Å². The van der Waals surface area contributed by atoms with Crippen molar-refractivity contribution in [1.82, 2.24) is 9.55 Å². The van der Waals surface area contributed by atoms with Gasteiger partial charge in [0, 0.05) is 12.5 Å². The number of furan rings is 1. The summed E-state index contributed by atoms with van der Waals surface area (Å²) in [6, 6.07) is 5.51. The van der Waals surface area contributed by atoms with Gasteiger partial charge in [0.15, 0.2) is 4.77 Å². The van der Waals surface area contributed by atoms with Gasteiger partial charge in [-0.05, 0) is 42.7 Å². The first kappa shape index (κ1) is 12.4. The van der Waals surface area contributed by atoms with Crippen LogP contribution in [0.5, 0.6) is 0 Å². The van der Waals surface area contributed by atoms with E-state index in [1.807, 2.05) is 30.5 Å². The minimum absolute atomic E-state index is 0.0425. The van der Waals surface area contributed by atoms with E-state index in [0.717, 1.165) is 10.6 Å². The molecule has 6 heteroatoms. The number of aromatic nitrogens is 2. The van der Waals surface area contributed by atoms with Crippen LogP contribution in [0.25, 0.3) is 10.2 Å². The lowest BCUT2D eigenvalue weighted by atomic mass is 10.2. The first-order chi connectivity index (χ1) is 9.16. The lowest BCUT2D eigenvalue weighted by Gasteiger charge is -2.14. The Hall–Kier alpha value is -1.66. The molecule has 0 spiro atoms. The zero-order valence-electron chi connectivity index (χ0n) is 10.3. The Bertz CT molecular complexity index is 811. The third kappa shape index (κ3) is 2.17. The molecule has 19 heavy (non-hydrogen) atoms. The van der Waals surface area contributed by atoms with Crippen molar-refractivity contribution in [3.05, 3.63) is 50.7 Å². The number of hydrogen-bond donors (Lipinski definition) is 1. The summed E-state index contributed by atoms with van der Waals surface area (Å²) in [6.07, 6.45) is 2.27. The Morgan fingerprint density at radius 3 is 3.11 bits per heavy atom. The van der Waals surface area contributed by atoms with Crippen LogP contribution < -0.4 is 5.56 Å². The molecule has 0 aromatic carbocycles. The molecule has 0 saturated carbocycles. The summed E-state index contributed by atoms with van der Waals surface area (Å²) in [4.78, 5) is 16.4. The molecule has 3 heterocycles. The molecule has 0 amide bonds. The molecule has 3 aromatic rings. The lowest BCUT2D eigenvalue weighted by molar-refractivity contribution is 0.438. The van der Waals surface area contributed by atoms with Crippen molar-refractivity contribution in [3.63, 3.8) is 0 Å². The molecule has 3 rings (SSSR count). The van der Waals surface area contributed by atoms with Gasteiger partial charge in [-0.15, -0.1) is 11.3 Å². The van der Waals surface area contributed by atoms with Gasteiger partial charge in [-0.3, -0.25) is 9.36 Å². The van der Waals surface area contributed by atoms with E-state index in [1.165, 1.54) is 11.3 Å². The molecule has 0 aliphatic heterocycles. The van der Waals surface area contributed by atoms with E-state index in [-0.39, 0.29) is 11.6 Å². The Morgan fingerprint density at radius 1 is 1.53 bits per heavy atom. The zero-order chi connectivity index (χ0) is 13.4. The van der Waals surface area contributed by atoms with E-state index in [1.54, 1.807) is 10.8 Å². The molecule has 0 aliphatic rings. The Kier molecular flexibility index (Phi) is 3.12. The molecule has 1 unspecified atom stereocenters. The van der Waals surface area contributed by atoms with E-state index >= 15 is 0 Å². The molecule has 0 saturated heterocycles. The van der Waals surface area contributed by atoms with Crippen LogP contribution in [0.2, 0.25) is 0 Å². The molecule has 98 valence electrons. The summed E-state index contributed by atoms with van der Waals surface area (Å²) in [5.41, 5.74) is -0.0425. The number of nitrogens with zero attached hydrogens (tertiary/aromatic N) is 1. The van der Waals surface area contributed by atoms with Crippen LogP contribution in [-0.2, 0) is 6.42 Å². The number of H-pyrrole nitrogens is 1. The van der Waals surface area contributed by atoms with Crippen molar-refractivity contribution in [2.24, 2.45) is 0 Å². The minimum atomic E-state index is -0.0494. The maximum Gasteiger partial charge on any atom is 0.263 e. The molecule has 3 aromatic heterocycles. The Balaban J connectivity index is 2.09. The van der Waals surface area contributed by atoms with Crippen LogP contribution in [0.3, 0.4) is 0 Å². The highest BCUT2D eigenvalue weighted by Crippen LogP contribution is 2.18. The van der Waals surface area contributed by atoms with Crippen LogP contribution >= 0.6 is 23.6 Å². The van der Waals surface area contributed by atoms with E-state index in [9.17, 15) is 4.79 Å². The van der Waals surface area contributed by atoms with E-state index in [0.29, 0.717) is 16.6 Å². The number of nitrogens with one attached hydrogen (secondary N) is 1. The summed E-state index contributed by atoms with van der Waals surface area (Å²) in [7, 11) is 0. The van der Waals surface area contributed by atoms with Crippen molar-refractivity contribution in [2.45, 2.75) is 19.4 Å². The fraction of sp³-hybridized carbons (Fsp3) is 0.231. The van der Waals surface area contributed by atoms with E-state index < -0.39 is 0 Å². The van der Waals surface area contributed by atoms with Crippen molar-refractivity contribution < 1.29 is 4.42 Å². The number of hydrogen-bond acceptors (Lipinski definition) is 4. The van der Waals surface area contributed by atoms with Gasteiger partial charge in [0.25, 0.3) is 5.56 Å². The van der Waals surface area contributed by atoms with Crippen LogP contribution in [0.1, 0.15) is 18.7 Å². The highest BCUT2D eigenvalue weighted by atomic mass is 32.1. The first-order valence-electron chi connectivity index (χ1n) is 5.91. The number of fused-ring (bicyclic) bond motifs is 1.